The van der Waals surface area contributed by atoms with Gasteiger partial charge in [0.25, 0.3) is 0 Å². The monoisotopic (exact) mass is 443 g/mol. The van der Waals surface area contributed by atoms with Gasteiger partial charge in [0.05, 0.1) is 31.3 Å². The molecule has 0 amide bonds. The predicted molar refractivity (Wildman–Crippen MR) is 127 cm³/mol. The van der Waals surface area contributed by atoms with E-state index in [4.69, 9.17) is 9.72 Å². The number of fused-ring (bicyclic) bond motifs is 1. The zero-order chi connectivity index (χ0) is 23.0. The molecule has 5 rings (SSSR count). The smallest absolute Gasteiger partial charge is 0.227 e. The van der Waals surface area contributed by atoms with Crippen LogP contribution in [0.5, 0.6) is 5.75 Å². The van der Waals surface area contributed by atoms with E-state index < -0.39 is 0 Å². The molecule has 1 aliphatic rings. The highest BCUT2D eigenvalue weighted by Crippen LogP contribution is 2.37. The Hall–Kier alpha value is -3.98. The molecule has 1 unspecified atom stereocenters. The summed E-state index contributed by atoms with van der Waals surface area (Å²) in [5.74, 6) is 1.93. The van der Waals surface area contributed by atoms with Gasteiger partial charge in [0.15, 0.2) is 0 Å². The van der Waals surface area contributed by atoms with Crippen LogP contribution in [0, 0.1) is 0 Å². The Morgan fingerprint density at radius 2 is 2.03 bits per heavy atom. The first-order chi connectivity index (χ1) is 16.0. The fraction of sp³-hybridized carbons (Fsp3) is 0.250. The molecular weight excluding hydrogens is 418 g/mol. The number of benzene rings is 1. The third-order valence-corrected chi connectivity index (χ3v) is 5.97. The van der Waals surface area contributed by atoms with E-state index in [9.17, 15) is 5.11 Å². The van der Waals surface area contributed by atoms with Crippen molar-refractivity contribution in [3.63, 3.8) is 0 Å². The van der Waals surface area contributed by atoms with Gasteiger partial charge in [-0.2, -0.15) is 5.10 Å². The average molecular weight is 444 g/mol. The minimum absolute atomic E-state index is 0.0434. The van der Waals surface area contributed by atoms with Crippen molar-refractivity contribution >= 4 is 17.5 Å². The van der Waals surface area contributed by atoms with Crippen LogP contribution in [0.3, 0.4) is 0 Å². The van der Waals surface area contributed by atoms with Crippen LogP contribution in [-0.4, -0.2) is 50.1 Å². The fourth-order valence-electron chi connectivity index (χ4n) is 3.98. The van der Waals surface area contributed by atoms with Crippen LogP contribution in [0.4, 0.5) is 17.5 Å². The van der Waals surface area contributed by atoms with E-state index >= 15 is 0 Å². The molecule has 3 aromatic heterocycles. The molecule has 0 bridgehead atoms. The van der Waals surface area contributed by atoms with Crippen LogP contribution in [0.15, 0.2) is 55.1 Å². The van der Waals surface area contributed by atoms with E-state index in [1.807, 2.05) is 56.7 Å². The standard InChI is InChI=1S/C24H25N7O2/c1-24(14-32)13-27-22-18(24)8-16(10-26-22)19-6-7-25-23(29-19)30-20-9-15(4-5-21(20)33-3)17-11-28-31(2)12-17/h4-12,32H,13-14H2,1-3H3,(H,26,27)(H,25,29,30). The van der Waals surface area contributed by atoms with Gasteiger partial charge in [-0.25, -0.2) is 15.0 Å². The van der Waals surface area contributed by atoms with Crippen molar-refractivity contribution in [3.05, 3.63) is 60.7 Å². The summed E-state index contributed by atoms with van der Waals surface area (Å²) in [5, 5.41) is 20.7. The van der Waals surface area contributed by atoms with Crippen molar-refractivity contribution < 1.29 is 9.84 Å². The highest BCUT2D eigenvalue weighted by molar-refractivity contribution is 5.74. The van der Waals surface area contributed by atoms with Gasteiger partial charge in [-0.05, 0) is 29.8 Å². The van der Waals surface area contributed by atoms with Gasteiger partial charge in [-0.1, -0.05) is 13.0 Å². The van der Waals surface area contributed by atoms with Crippen molar-refractivity contribution in [2.75, 3.05) is 30.9 Å². The fourth-order valence-corrected chi connectivity index (χ4v) is 3.98. The number of anilines is 3. The molecule has 33 heavy (non-hydrogen) atoms. The summed E-state index contributed by atoms with van der Waals surface area (Å²) in [5.41, 5.74) is 4.97. The molecule has 1 aromatic carbocycles. The normalized spacial score (nSPS) is 16.8. The molecule has 0 fully saturated rings. The number of nitrogens with one attached hydrogen (secondary N) is 2. The Balaban J connectivity index is 1.47. The van der Waals surface area contributed by atoms with E-state index in [1.54, 1.807) is 24.2 Å². The number of nitrogens with zero attached hydrogens (tertiary/aromatic N) is 5. The summed E-state index contributed by atoms with van der Waals surface area (Å²) in [7, 11) is 3.52. The number of rotatable bonds is 6. The maximum absolute atomic E-state index is 9.88. The zero-order valence-electron chi connectivity index (χ0n) is 18.7. The first kappa shape index (κ1) is 20.9. The molecule has 4 heterocycles. The third-order valence-electron chi connectivity index (χ3n) is 5.97. The molecule has 1 atom stereocenters. The topological polar surface area (TPSA) is 110 Å². The first-order valence-electron chi connectivity index (χ1n) is 10.6. The second-order valence-electron chi connectivity index (χ2n) is 8.40. The van der Waals surface area contributed by atoms with Crippen molar-refractivity contribution in [1.82, 2.24) is 24.7 Å². The lowest BCUT2D eigenvalue weighted by Crippen LogP contribution is -2.28. The number of methoxy groups -OCH3 is 1. The van der Waals surface area contributed by atoms with Crippen LogP contribution in [0.2, 0.25) is 0 Å². The quantitative estimate of drug-likeness (QED) is 0.416. The molecule has 0 radical (unpaired) electrons. The van der Waals surface area contributed by atoms with Gasteiger partial charge in [0.1, 0.15) is 11.6 Å². The van der Waals surface area contributed by atoms with Crippen molar-refractivity contribution in [2.45, 2.75) is 12.3 Å². The molecule has 168 valence electrons. The van der Waals surface area contributed by atoms with Crippen LogP contribution in [0.1, 0.15) is 12.5 Å². The number of aryl methyl sites for hydroxylation is 1. The molecule has 1 aliphatic heterocycles. The molecule has 0 saturated heterocycles. The van der Waals surface area contributed by atoms with Crippen LogP contribution in [-0.2, 0) is 12.5 Å². The Bertz CT molecular complexity index is 1320. The van der Waals surface area contributed by atoms with Crippen LogP contribution >= 0.6 is 0 Å². The van der Waals surface area contributed by atoms with Gasteiger partial charge in [-0.3, -0.25) is 4.68 Å². The van der Waals surface area contributed by atoms with Crippen LogP contribution < -0.4 is 15.4 Å². The number of pyridine rings is 1. The summed E-state index contributed by atoms with van der Waals surface area (Å²) in [6.07, 6.45) is 7.26. The molecular formula is C24H25N7O2. The SMILES string of the molecule is COc1ccc(-c2cnn(C)c2)cc1Nc1nccc(-c2cnc3c(c2)C(C)(CO)CN3)n1. The van der Waals surface area contributed by atoms with E-state index in [0.29, 0.717) is 18.2 Å². The molecule has 0 saturated carbocycles. The number of ether oxygens (including phenoxy) is 1. The van der Waals surface area contributed by atoms with E-state index in [1.165, 1.54) is 0 Å². The summed E-state index contributed by atoms with van der Waals surface area (Å²) in [6, 6.07) is 9.76. The number of aromatic nitrogens is 5. The van der Waals surface area contributed by atoms with Crippen molar-refractivity contribution in [3.8, 4) is 28.1 Å². The minimum atomic E-state index is -0.368. The van der Waals surface area contributed by atoms with Gasteiger partial charge in [0, 0.05) is 54.3 Å². The van der Waals surface area contributed by atoms with E-state index in [0.717, 1.165) is 39.5 Å². The predicted octanol–water partition coefficient (Wildman–Crippen LogP) is 3.37. The molecule has 0 spiro atoms. The lowest BCUT2D eigenvalue weighted by atomic mass is 9.85. The Kier molecular flexibility index (Phi) is 5.18. The zero-order valence-corrected chi connectivity index (χ0v) is 18.7. The lowest BCUT2D eigenvalue weighted by Gasteiger charge is -2.20. The maximum atomic E-state index is 9.88. The van der Waals surface area contributed by atoms with Crippen molar-refractivity contribution in [1.29, 1.82) is 0 Å². The second-order valence-corrected chi connectivity index (χ2v) is 8.40. The highest BCUT2D eigenvalue weighted by Gasteiger charge is 2.35. The van der Waals surface area contributed by atoms with Crippen LogP contribution in [0.25, 0.3) is 22.4 Å². The van der Waals surface area contributed by atoms with E-state index in [2.05, 4.69) is 25.7 Å². The van der Waals surface area contributed by atoms with Gasteiger partial charge in [-0.15, -0.1) is 0 Å². The highest BCUT2D eigenvalue weighted by atomic mass is 16.5. The number of aliphatic hydroxyl groups is 1. The summed E-state index contributed by atoms with van der Waals surface area (Å²) in [4.78, 5) is 13.6. The minimum Gasteiger partial charge on any atom is -0.495 e. The largest absolute Gasteiger partial charge is 0.495 e. The summed E-state index contributed by atoms with van der Waals surface area (Å²) >= 11 is 0. The molecule has 3 N–H and O–H groups in total. The van der Waals surface area contributed by atoms with Gasteiger partial charge in [0.2, 0.25) is 5.95 Å². The Labute approximate surface area is 191 Å². The maximum Gasteiger partial charge on any atom is 0.227 e. The van der Waals surface area contributed by atoms with Crippen molar-refractivity contribution in [2.24, 2.45) is 7.05 Å². The molecule has 9 nitrogen and oxygen atoms in total. The second kappa shape index (κ2) is 8.18. The molecule has 0 aliphatic carbocycles. The number of hydrogen-bond acceptors (Lipinski definition) is 8. The summed E-state index contributed by atoms with van der Waals surface area (Å²) in [6.45, 7) is 2.71. The third kappa shape index (κ3) is 3.87. The first-order valence-corrected chi connectivity index (χ1v) is 10.6. The van der Waals surface area contributed by atoms with Gasteiger partial charge < -0.3 is 20.5 Å². The molecule has 4 aromatic rings. The molecule has 9 heteroatoms. The average Bonchev–Trinajstić information content (AvgIpc) is 3.43. The van der Waals surface area contributed by atoms with Gasteiger partial charge >= 0.3 is 0 Å². The summed E-state index contributed by atoms with van der Waals surface area (Å²) < 4.78 is 7.30. The lowest BCUT2D eigenvalue weighted by molar-refractivity contribution is 0.218. The Morgan fingerprint density at radius 3 is 2.79 bits per heavy atom. The Morgan fingerprint density at radius 1 is 1.15 bits per heavy atom. The number of aliphatic hydroxyl groups excluding tert-OH is 1. The number of hydrogen-bond donors (Lipinski definition) is 3. The van der Waals surface area contributed by atoms with E-state index in [-0.39, 0.29) is 12.0 Å².